The Morgan fingerprint density at radius 1 is 1.23 bits per heavy atom. The zero-order valence-corrected chi connectivity index (χ0v) is 16.2. The van der Waals surface area contributed by atoms with Gasteiger partial charge in [-0.2, -0.15) is 18.3 Å². The highest BCUT2D eigenvalue weighted by Crippen LogP contribution is 2.36. The van der Waals surface area contributed by atoms with Crippen LogP contribution >= 0.6 is 11.6 Å². The topological polar surface area (TPSA) is 86.1 Å². The lowest BCUT2D eigenvalue weighted by atomic mass is 10.2. The molecule has 0 radical (unpaired) electrons. The second-order valence-corrected chi connectivity index (χ2v) is 6.47. The summed E-state index contributed by atoms with van der Waals surface area (Å²) in [5.41, 5.74) is -0.644. The van der Waals surface area contributed by atoms with E-state index in [-0.39, 0.29) is 11.3 Å². The maximum Gasteiger partial charge on any atom is 0.417 e. The number of alkyl halides is 3. The number of nitrogens with zero attached hydrogens (tertiary/aromatic N) is 3. The first-order valence-electron chi connectivity index (χ1n) is 8.46. The maximum absolute atomic E-state index is 12.9. The molecule has 11 heteroatoms. The van der Waals surface area contributed by atoms with E-state index in [1.54, 1.807) is 31.3 Å². The molecule has 2 heterocycles. The molecule has 0 spiro atoms. The fourth-order valence-electron chi connectivity index (χ4n) is 2.55. The van der Waals surface area contributed by atoms with Crippen molar-refractivity contribution in [1.82, 2.24) is 14.8 Å². The van der Waals surface area contributed by atoms with E-state index < -0.39 is 35.2 Å². The van der Waals surface area contributed by atoms with Gasteiger partial charge in [0.2, 0.25) is 0 Å². The van der Waals surface area contributed by atoms with Gasteiger partial charge in [0.1, 0.15) is 5.56 Å². The summed E-state index contributed by atoms with van der Waals surface area (Å²) in [6.07, 6.45) is -1.83. The molecular weight excluding hydrogens is 425 g/mol. The van der Waals surface area contributed by atoms with Crippen molar-refractivity contribution in [3.63, 3.8) is 0 Å². The van der Waals surface area contributed by atoms with Gasteiger partial charge in [-0.1, -0.05) is 17.7 Å². The molecule has 3 rings (SSSR count). The standard InChI is InChI=1S/C19H14ClF3N4O3/c1-11-13(9-25-27(11)16-4-2-3-7-24-16)18(29)30-10-17(28)26-12-5-6-15(20)14(8-12)19(21,22)23/h2-9H,10H2,1H3,(H,26,28). The van der Waals surface area contributed by atoms with Gasteiger partial charge in [-0.25, -0.2) is 14.5 Å². The Labute approximate surface area is 173 Å². The lowest BCUT2D eigenvalue weighted by molar-refractivity contribution is -0.137. The van der Waals surface area contributed by atoms with E-state index in [0.29, 0.717) is 17.6 Å². The molecule has 156 valence electrons. The van der Waals surface area contributed by atoms with Crippen LogP contribution in [0.4, 0.5) is 18.9 Å². The van der Waals surface area contributed by atoms with E-state index in [0.717, 1.165) is 6.07 Å². The first kappa shape index (κ1) is 21.3. The van der Waals surface area contributed by atoms with Gasteiger partial charge in [0, 0.05) is 11.9 Å². The number of halogens is 4. The number of rotatable bonds is 5. The van der Waals surface area contributed by atoms with Crippen LogP contribution in [0.2, 0.25) is 5.02 Å². The molecule has 0 aliphatic rings. The third-order valence-corrected chi connectivity index (χ3v) is 4.32. The van der Waals surface area contributed by atoms with Crippen molar-refractivity contribution in [1.29, 1.82) is 0 Å². The van der Waals surface area contributed by atoms with Crippen LogP contribution in [0.15, 0.2) is 48.8 Å². The maximum atomic E-state index is 12.9. The number of amides is 1. The summed E-state index contributed by atoms with van der Waals surface area (Å²) in [6, 6.07) is 8.11. The molecule has 0 saturated heterocycles. The largest absolute Gasteiger partial charge is 0.452 e. The number of ether oxygens (including phenoxy) is 1. The van der Waals surface area contributed by atoms with E-state index in [4.69, 9.17) is 16.3 Å². The molecule has 1 aromatic carbocycles. The highest BCUT2D eigenvalue weighted by molar-refractivity contribution is 6.31. The molecule has 0 aliphatic heterocycles. The van der Waals surface area contributed by atoms with Gasteiger partial charge >= 0.3 is 12.1 Å². The van der Waals surface area contributed by atoms with Crippen LogP contribution in [0.5, 0.6) is 0 Å². The number of pyridine rings is 1. The van der Waals surface area contributed by atoms with Gasteiger partial charge in [0.05, 0.1) is 22.5 Å². The van der Waals surface area contributed by atoms with Crippen LogP contribution in [-0.4, -0.2) is 33.2 Å². The minimum Gasteiger partial charge on any atom is -0.452 e. The molecule has 0 atom stereocenters. The third-order valence-electron chi connectivity index (χ3n) is 3.99. The van der Waals surface area contributed by atoms with E-state index in [1.165, 1.54) is 16.9 Å². The van der Waals surface area contributed by atoms with Crippen molar-refractivity contribution in [2.24, 2.45) is 0 Å². The lowest BCUT2D eigenvalue weighted by Crippen LogP contribution is -2.21. The molecule has 30 heavy (non-hydrogen) atoms. The third kappa shape index (κ3) is 4.77. The number of aromatic nitrogens is 3. The molecule has 0 bridgehead atoms. The van der Waals surface area contributed by atoms with Crippen LogP contribution < -0.4 is 5.32 Å². The van der Waals surface area contributed by atoms with Crippen molar-refractivity contribution >= 4 is 29.2 Å². The number of carbonyl (C=O) groups excluding carboxylic acids is 2. The number of esters is 1. The summed E-state index contributed by atoms with van der Waals surface area (Å²) in [4.78, 5) is 28.4. The van der Waals surface area contributed by atoms with Gasteiger partial charge in [0.25, 0.3) is 5.91 Å². The van der Waals surface area contributed by atoms with Crippen molar-refractivity contribution < 1.29 is 27.5 Å². The van der Waals surface area contributed by atoms with Gasteiger partial charge in [-0.3, -0.25) is 4.79 Å². The second-order valence-electron chi connectivity index (χ2n) is 6.06. The Morgan fingerprint density at radius 2 is 2.00 bits per heavy atom. The number of nitrogens with one attached hydrogen (secondary N) is 1. The summed E-state index contributed by atoms with van der Waals surface area (Å²) in [5, 5.41) is 5.81. The fourth-order valence-corrected chi connectivity index (χ4v) is 2.77. The summed E-state index contributed by atoms with van der Waals surface area (Å²) in [5.74, 6) is -1.12. The van der Waals surface area contributed by atoms with Crippen molar-refractivity contribution in [2.45, 2.75) is 13.1 Å². The zero-order chi connectivity index (χ0) is 21.9. The minimum atomic E-state index is -4.67. The van der Waals surface area contributed by atoms with Gasteiger partial charge < -0.3 is 10.1 Å². The van der Waals surface area contributed by atoms with Crippen LogP contribution in [0.25, 0.3) is 5.82 Å². The quantitative estimate of drug-likeness (QED) is 0.607. The van der Waals surface area contributed by atoms with Gasteiger partial charge in [-0.05, 0) is 37.3 Å². The Bertz CT molecular complexity index is 1080. The van der Waals surface area contributed by atoms with E-state index >= 15 is 0 Å². The molecule has 3 aromatic rings. The molecule has 1 amide bonds. The average Bonchev–Trinajstić information content (AvgIpc) is 3.09. The van der Waals surface area contributed by atoms with Crippen molar-refractivity contribution in [2.75, 3.05) is 11.9 Å². The summed E-state index contributed by atoms with van der Waals surface area (Å²) in [7, 11) is 0. The first-order valence-corrected chi connectivity index (χ1v) is 8.84. The molecule has 2 aromatic heterocycles. The predicted molar refractivity (Wildman–Crippen MR) is 101 cm³/mol. The molecular formula is C19H14ClF3N4O3. The zero-order valence-electron chi connectivity index (χ0n) is 15.4. The van der Waals surface area contributed by atoms with Gasteiger partial charge in [0.15, 0.2) is 12.4 Å². The van der Waals surface area contributed by atoms with Crippen LogP contribution in [0.3, 0.4) is 0 Å². The van der Waals surface area contributed by atoms with Crippen molar-refractivity contribution in [3.05, 3.63) is 70.6 Å². The number of benzene rings is 1. The Balaban J connectivity index is 1.63. The Kier molecular flexibility index (Phi) is 6.06. The Hall–Kier alpha value is -3.40. The minimum absolute atomic E-state index is 0.124. The molecule has 1 N–H and O–H groups in total. The number of hydrogen-bond acceptors (Lipinski definition) is 5. The Morgan fingerprint density at radius 3 is 2.67 bits per heavy atom. The molecule has 0 aliphatic carbocycles. The van der Waals surface area contributed by atoms with Crippen LogP contribution in [0, 0.1) is 6.92 Å². The normalized spacial score (nSPS) is 11.2. The smallest absolute Gasteiger partial charge is 0.417 e. The van der Waals surface area contributed by atoms with E-state index in [9.17, 15) is 22.8 Å². The summed E-state index contributed by atoms with van der Waals surface area (Å²) in [6.45, 7) is 0.932. The van der Waals surface area contributed by atoms with Crippen LogP contribution in [0.1, 0.15) is 21.6 Å². The highest BCUT2D eigenvalue weighted by atomic mass is 35.5. The number of anilines is 1. The predicted octanol–water partition coefficient (Wildman–Crippen LogP) is 4.04. The lowest BCUT2D eigenvalue weighted by Gasteiger charge is -2.12. The first-order chi connectivity index (χ1) is 14.2. The summed E-state index contributed by atoms with van der Waals surface area (Å²) < 4.78 is 45.0. The number of carbonyl (C=O) groups is 2. The van der Waals surface area contributed by atoms with Gasteiger partial charge in [-0.15, -0.1) is 0 Å². The fraction of sp³-hybridized carbons (Fsp3) is 0.158. The summed E-state index contributed by atoms with van der Waals surface area (Å²) >= 11 is 5.53. The molecule has 7 nitrogen and oxygen atoms in total. The highest BCUT2D eigenvalue weighted by Gasteiger charge is 2.33. The SMILES string of the molecule is Cc1c(C(=O)OCC(=O)Nc2ccc(Cl)c(C(F)(F)F)c2)cnn1-c1ccccn1. The van der Waals surface area contributed by atoms with E-state index in [2.05, 4.69) is 15.4 Å². The van der Waals surface area contributed by atoms with E-state index in [1.807, 2.05) is 0 Å². The molecule has 0 fully saturated rings. The number of hydrogen-bond donors (Lipinski definition) is 1. The van der Waals surface area contributed by atoms with Crippen molar-refractivity contribution in [3.8, 4) is 5.82 Å². The monoisotopic (exact) mass is 438 g/mol. The molecule has 0 saturated carbocycles. The molecule has 0 unspecified atom stereocenters. The van der Waals surface area contributed by atoms with Crippen LogP contribution in [-0.2, 0) is 15.7 Å². The average molecular weight is 439 g/mol. The second kappa shape index (κ2) is 8.54.